The zero-order valence-corrected chi connectivity index (χ0v) is 13.1. The van der Waals surface area contributed by atoms with Gasteiger partial charge < -0.3 is 14.6 Å². The van der Waals surface area contributed by atoms with E-state index in [2.05, 4.69) is 20.4 Å². The van der Waals surface area contributed by atoms with Crippen molar-refractivity contribution in [2.45, 2.75) is 44.7 Å². The Morgan fingerprint density at radius 1 is 1.57 bits per heavy atom. The van der Waals surface area contributed by atoms with E-state index in [0.29, 0.717) is 18.9 Å². The Labute approximate surface area is 125 Å². The predicted molar refractivity (Wildman–Crippen MR) is 76.8 cm³/mol. The van der Waals surface area contributed by atoms with E-state index in [-0.39, 0.29) is 23.9 Å². The Kier molecular flexibility index (Phi) is 5.30. The fourth-order valence-electron chi connectivity index (χ4n) is 2.50. The molecule has 2 heterocycles. The number of nitrogens with one attached hydrogen (secondary N) is 1. The van der Waals surface area contributed by atoms with E-state index in [4.69, 9.17) is 9.26 Å². The number of likely N-dealkylation sites (tertiary alicyclic amines) is 1. The van der Waals surface area contributed by atoms with Crippen LogP contribution in [0.3, 0.4) is 0 Å². The van der Waals surface area contributed by atoms with Gasteiger partial charge in [-0.1, -0.05) is 19.0 Å². The minimum atomic E-state index is 0.0179. The SMILES string of the molecule is COCCC(=O)NC1CC(c2nc(C(C)C)no2)N(C)C1. The zero-order chi connectivity index (χ0) is 15.4. The second-order valence-corrected chi connectivity index (χ2v) is 5.84. The number of likely N-dealkylation sites (N-methyl/N-ethyl adjacent to an activating group) is 1. The molecule has 1 aliphatic rings. The topological polar surface area (TPSA) is 80.5 Å². The molecule has 1 N–H and O–H groups in total. The van der Waals surface area contributed by atoms with Crippen molar-refractivity contribution in [3.8, 4) is 0 Å². The molecule has 21 heavy (non-hydrogen) atoms. The second-order valence-electron chi connectivity index (χ2n) is 5.84. The lowest BCUT2D eigenvalue weighted by Crippen LogP contribution is -2.36. The lowest BCUT2D eigenvalue weighted by Gasteiger charge is -2.14. The number of rotatable bonds is 6. The van der Waals surface area contributed by atoms with E-state index >= 15 is 0 Å². The van der Waals surface area contributed by atoms with Gasteiger partial charge in [0.25, 0.3) is 0 Å². The highest BCUT2D eigenvalue weighted by atomic mass is 16.5. The molecule has 0 saturated carbocycles. The van der Waals surface area contributed by atoms with Crippen LogP contribution >= 0.6 is 0 Å². The first-order valence-electron chi connectivity index (χ1n) is 7.33. The van der Waals surface area contributed by atoms with E-state index in [0.717, 1.165) is 18.8 Å². The largest absolute Gasteiger partial charge is 0.384 e. The lowest BCUT2D eigenvalue weighted by molar-refractivity contribution is -0.122. The number of carbonyl (C=O) groups is 1. The molecule has 0 radical (unpaired) electrons. The fourth-order valence-corrected chi connectivity index (χ4v) is 2.50. The average molecular weight is 296 g/mol. The Balaban J connectivity index is 1.92. The van der Waals surface area contributed by atoms with Crippen LogP contribution in [0.15, 0.2) is 4.52 Å². The first kappa shape index (κ1) is 15.9. The summed E-state index contributed by atoms with van der Waals surface area (Å²) in [5, 5.41) is 7.03. The zero-order valence-electron chi connectivity index (χ0n) is 13.1. The number of amides is 1. The van der Waals surface area contributed by atoms with Gasteiger partial charge in [-0.15, -0.1) is 0 Å². The molecule has 1 amide bonds. The van der Waals surface area contributed by atoms with Crippen LogP contribution in [-0.4, -0.2) is 54.3 Å². The van der Waals surface area contributed by atoms with Gasteiger partial charge in [-0.05, 0) is 13.5 Å². The third kappa shape index (κ3) is 4.01. The number of ether oxygens (including phenoxy) is 1. The summed E-state index contributed by atoms with van der Waals surface area (Å²) in [5.41, 5.74) is 0. The van der Waals surface area contributed by atoms with Gasteiger partial charge in [-0.25, -0.2) is 0 Å². The van der Waals surface area contributed by atoms with Gasteiger partial charge in [0.1, 0.15) is 0 Å². The van der Waals surface area contributed by atoms with Crippen molar-refractivity contribution in [2.75, 3.05) is 27.3 Å². The maximum atomic E-state index is 11.7. The Morgan fingerprint density at radius 2 is 2.33 bits per heavy atom. The van der Waals surface area contributed by atoms with E-state index in [9.17, 15) is 4.79 Å². The van der Waals surface area contributed by atoms with Crippen molar-refractivity contribution in [2.24, 2.45) is 0 Å². The molecule has 1 aliphatic heterocycles. The standard InChI is InChI=1S/C14H24N4O3/c1-9(2)13-16-14(21-17-13)11-7-10(8-18(11)3)15-12(19)5-6-20-4/h9-11H,5-8H2,1-4H3,(H,15,19). The van der Waals surface area contributed by atoms with Gasteiger partial charge >= 0.3 is 0 Å². The number of hydrogen-bond acceptors (Lipinski definition) is 6. The molecule has 0 aromatic carbocycles. The Hall–Kier alpha value is -1.47. The van der Waals surface area contributed by atoms with E-state index in [1.807, 2.05) is 20.9 Å². The molecule has 7 nitrogen and oxygen atoms in total. The number of nitrogens with zero attached hydrogens (tertiary/aromatic N) is 3. The van der Waals surface area contributed by atoms with E-state index < -0.39 is 0 Å². The van der Waals surface area contributed by atoms with Gasteiger partial charge in [0.05, 0.1) is 12.6 Å². The highest BCUT2D eigenvalue weighted by Crippen LogP contribution is 2.30. The summed E-state index contributed by atoms with van der Waals surface area (Å²) >= 11 is 0. The third-order valence-corrected chi connectivity index (χ3v) is 3.71. The molecule has 1 fully saturated rings. The summed E-state index contributed by atoms with van der Waals surface area (Å²) in [6, 6.07) is 0.177. The lowest BCUT2D eigenvalue weighted by atomic mass is 10.1. The molecule has 1 aromatic heterocycles. The van der Waals surface area contributed by atoms with Gasteiger partial charge in [-0.3, -0.25) is 9.69 Å². The van der Waals surface area contributed by atoms with Crippen LogP contribution in [0.25, 0.3) is 0 Å². The van der Waals surface area contributed by atoms with Crippen molar-refractivity contribution in [3.63, 3.8) is 0 Å². The van der Waals surface area contributed by atoms with Crippen molar-refractivity contribution in [3.05, 3.63) is 11.7 Å². The number of methoxy groups -OCH3 is 1. The van der Waals surface area contributed by atoms with Crippen molar-refractivity contribution < 1.29 is 14.1 Å². The van der Waals surface area contributed by atoms with Gasteiger partial charge in [0, 0.05) is 32.0 Å². The number of hydrogen-bond donors (Lipinski definition) is 1. The number of carbonyl (C=O) groups excluding carboxylic acids is 1. The maximum Gasteiger partial charge on any atom is 0.244 e. The van der Waals surface area contributed by atoms with Crippen molar-refractivity contribution in [1.29, 1.82) is 0 Å². The monoisotopic (exact) mass is 296 g/mol. The molecule has 1 saturated heterocycles. The summed E-state index contributed by atoms with van der Waals surface area (Å²) < 4.78 is 10.3. The molecule has 0 aliphatic carbocycles. The van der Waals surface area contributed by atoms with Gasteiger partial charge in [0.15, 0.2) is 5.82 Å². The highest BCUT2D eigenvalue weighted by Gasteiger charge is 2.35. The van der Waals surface area contributed by atoms with Crippen LogP contribution in [-0.2, 0) is 9.53 Å². The minimum Gasteiger partial charge on any atom is -0.384 e. The molecule has 2 rings (SSSR count). The van der Waals surface area contributed by atoms with Crippen LogP contribution in [0.5, 0.6) is 0 Å². The van der Waals surface area contributed by atoms with Crippen molar-refractivity contribution in [1.82, 2.24) is 20.4 Å². The molecule has 0 bridgehead atoms. The predicted octanol–water partition coefficient (Wildman–Crippen LogP) is 1.09. The molecule has 7 heteroatoms. The summed E-state index contributed by atoms with van der Waals surface area (Å²) in [4.78, 5) is 18.3. The molecule has 2 unspecified atom stereocenters. The van der Waals surface area contributed by atoms with Crippen LogP contribution in [0.4, 0.5) is 0 Å². The highest BCUT2D eigenvalue weighted by molar-refractivity contribution is 5.76. The molecular formula is C14H24N4O3. The summed E-state index contributed by atoms with van der Waals surface area (Å²) in [6.07, 6.45) is 1.17. The van der Waals surface area contributed by atoms with Crippen molar-refractivity contribution >= 4 is 5.91 Å². The smallest absolute Gasteiger partial charge is 0.244 e. The molecule has 0 spiro atoms. The normalized spacial score (nSPS) is 22.9. The molecule has 118 valence electrons. The molecule has 2 atom stereocenters. The second kappa shape index (κ2) is 7.00. The van der Waals surface area contributed by atoms with Crippen LogP contribution in [0, 0.1) is 0 Å². The Bertz CT molecular complexity index is 475. The van der Waals surface area contributed by atoms with Crippen LogP contribution < -0.4 is 5.32 Å². The summed E-state index contributed by atoms with van der Waals surface area (Å²) in [6.45, 7) is 5.29. The number of aromatic nitrogens is 2. The van der Waals surface area contributed by atoms with Crippen LogP contribution in [0.1, 0.15) is 50.4 Å². The minimum absolute atomic E-state index is 0.0179. The first-order chi connectivity index (χ1) is 10.0. The van der Waals surface area contributed by atoms with E-state index in [1.165, 1.54) is 0 Å². The fraction of sp³-hybridized carbons (Fsp3) is 0.786. The average Bonchev–Trinajstić information content (AvgIpc) is 3.03. The molecular weight excluding hydrogens is 272 g/mol. The third-order valence-electron chi connectivity index (χ3n) is 3.71. The molecule has 1 aromatic rings. The van der Waals surface area contributed by atoms with Crippen LogP contribution in [0.2, 0.25) is 0 Å². The van der Waals surface area contributed by atoms with E-state index in [1.54, 1.807) is 7.11 Å². The quantitative estimate of drug-likeness (QED) is 0.846. The van der Waals surface area contributed by atoms with Gasteiger partial charge in [-0.2, -0.15) is 4.98 Å². The summed E-state index contributed by atoms with van der Waals surface area (Å²) in [5.74, 6) is 1.63. The maximum absolute atomic E-state index is 11.7. The van der Waals surface area contributed by atoms with Gasteiger partial charge in [0.2, 0.25) is 11.8 Å². The first-order valence-corrected chi connectivity index (χ1v) is 7.33. The summed E-state index contributed by atoms with van der Waals surface area (Å²) in [7, 11) is 3.60. The Morgan fingerprint density at radius 3 is 2.95 bits per heavy atom.